The van der Waals surface area contributed by atoms with Crippen molar-refractivity contribution in [1.29, 1.82) is 0 Å². The molecular weight excluding hydrogens is 226 g/mol. The van der Waals surface area contributed by atoms with Crippen molar-refractivity contribution in [1.82, 2.24) is 19.3 Å². The smallest absolute Gasteiger partial charge is 0.131 e. The Hall–Kier alpha value is -1.78. The molecule has 0 bridgehead atoms. The summed E-state index contributed by atoms with van der Waals surface area (Å²) >= 11 is 0. The van der Waals surface area contributed by atoms with Gasteiger partial charge in [0.05, 0.1) is 5.69 Å². The SMILES string of the molecule is CCCn1c(C)nc(-c2cn(C)nc2CC)c1N. The van der Waals surface area contributed by atoms with Crippen LogP contribution >= 0.6 is 0 Å². The van der Waals surface area contributed by atoms with Crippen molar-refractivity contribution in [2.75, 3.05) is 5.73 Å². The standard InChI is InChI=1S/C13H21N5/c1-5-7-18-9(3)15-12(13(18)14)10-8-17(4)16-11(10)6-2/h8H,5-7,14H2,1-4H3. The molecule has 0 aliphatic heterocycles. The fraction of sp³-hybridized carbons (Fsp3) is 0.538. The first-order chi connectivity index (χ1) is 8.58. The minimum Gasteiger partial charge on any atom is -0.383 e. The summed E-state index contributed by atoms with van der Waals surface area (Å²) in [4.78, 5) is 4.61. The van der Waals surface area contributed by atoms with E-state index in [4.69, 9.17) is 5.73 Å². The first-order valence-electron chi connectivity index (χ1n) is 6.43. The predicted molar refractivity (Wildman–Crippen MR) is 73.2 cm³/mol. The Morgan fingerprint density at radius 3 is 2.67 bits per heavy atom. The molecule has 0 saturated heterocycles. The molecular formula is C13H21N5. The Kier molecular flexibility index (Phi) is 3.41. The average Bonchev–Trinajstić information content (AvgIpc) is 2.84. The van der Waals surface area contributed by atoms with Crippen LogP contribution in [0.2, 0.25) is 0 Å². The van der Waals surface area contributed by atoms with Gasteiger partial charge in [-0.05, 0) is 19.8 Å². The number of hydrogen-bond donors (Lipinski definition) is 1. The number of aryl methyl sites for hydroxylation is 3. The number of aromatic nitrogens is 4. The number of nitrogens with two attached hydrogens (primary N) is 1. The molecule has 98 valence electrons. The van der Waals surface area contributed by atoms with Crippen LogP contribution in [0.3, 0.4) is 0 Å². The quantitative estimate of drug-likeness (QED) is 0.900. The second-order valence-electron chi connectivity index (χ2n) is 4.56. The van der Waals surface area contributed by atoms with Crippen LogP contribution in [-0.2, 0) is 20.0 Å². The van der Waals surface area contributed by atoms with Crippen LogP contribution in [0, 0.1) is 6.92 Å². The van der Waals surface area contributed by atoms with Crippen molar-refractivity contribution >= 4 is 5.82 Å². The maximum atomic E-state index is 6.22. The first-order valence-corrected chi connectivity index (χ1v) is 6.43. The van der Waals surface area contributed by atoms with E-state index < -0.39 is 0 Å². The van der Waals surface area contributed by atoms with Gasteiger partial charge in [0, 0.05) is 25.4 Å². The summed E-state index contributed by atoms with van der Waals surface area (Å²) in [7, 11) is 1.93. The van der Waals surface area contributed by atoms with Gasteiger partial charge >= 0.3 is 0 Å². The number of imidazole rings is 1. The van der Waals surface area contributed by atoms with Crippen molar-refractivity contribution in [3.63, 3.8) is 0 Å². The third kappa shape index (κ3) is 2.00. The summed E-state index contributed by atoms with van der Waals surface area (Å²) in [5, 5.41) is 4.44. The predicted octanol–water partition coefficient (Wildman–Crippen LogP) is 2.15. The molecule has 0 fully saturated rings. The third-order valence-electron chi connectivity index (χ3n) is 3.14. The van der Waals surface area contributed by atoms with Crippen molar-refractivity contribution in [3.8, 4) is 11.3 Å². The molecule has 0 aliphatic carbocycles. The maximum Gasteiger partial charge on any atom is 0.131 e. The van der Waals surface area contributed by atoms with E-state index in [-0.39, 0.29) is 0 Å². The zero-order valence-corrected chi connectivity index (χ0v) is 11.6. The molecule has 0 atom stereocenters. The van der Waals surface area contributed by atoms with Gasteiger partial charge in [0.25, 0.3) is 0 Å². The fourth-order valence-electron chi connectivity index (χ4n) is 2.28. The highest BCUT2D eigenvalue weighted by Gasteiger charge is 2.17. The lowest BCUT2D eigenvalue weighted by Gasteiger charge is -2.05. The molecule has 2 rings (SSSR count). The van der Waals surface area contributed by atoms with E-state index in [1.54, 1.807) is 0 Å². The Morgan fingerprint density at radius 1 is 1.33 bits per heavy atom. The summed E-state index contributed by atoms with van der Waals surface area (Å²) in [5.74, 6) is 1.72. The Morgan fingerprint density at radius 2 is 2.06 bits per heavy atom. The highest BCUT2D eigenvalue weighted by Crippen LogP contribution is 2.29. The summed E-state index contributed by atoms with van der Waals surface area (Å²) in [5.41, 5.74) is 9.18. The van der Waals surface area contributed by atoms with Gasteiger partial charge in [0.1, 0.15) is 17.3 Å². The molecule has 5 heteroatoms. The Bertz CT molecular complexity index is 550. The van der Waals surface area contributed by atoms with Crippen LogP contribution in [0.5, 0.6) is 0 Å². The van der Waals surface area contributed by atoms with E-state index in [0.717, 1.165) is 48.0 Å². The second kappa shape index (κ2) is 4.84. The molecule has 18 heavy (non-hydrogen) atoms. The van der Waals surface area contributed by atoms with E-state index in [1.165, 1.54) is 0 Å². The van der Waals surface area contributed by atoms with Gasteiger partial charge in [0.2, 0.25) is 0 Å². The molecule has 0 aromatic carbocycles. The number of nitrogens with zero attached hydrogens (tertiary/aromatic N) is 4. The van der Waals surface area contributed by atoms with Gasteiger partial charge in [-0.15, -0.1) is 0 Å². The molecule has 2 heterocycles. The van der Waals surface area contributed by atoms with Crippen molar-refractivity contribution in [3.05, 3.63) is 17.7 Å². The van der Waals surface area contributed by atoms with Gasteiger partial charge in [0.15, 0.2) is 0 Å². The van der Waals surface area contributed by atoms with Crippen molar-refractivity contribution in [2.45, 2.75) is 40.2 Å². The first kappa shape index (κ1) is 12.7. The molecule has 5 nitrogen and oxygen atoms in total. The summed E-state index contributed by atoms with van der Waals surface area (Å²) in [6, 6.07) is 0. The van der Waals surface area contributed by atoms with E-state index in [2.05, 4.69) is 28.5 Å². The lowest BCUT2D eigenvalue weighted by Crippen LogP contribution is -2.04. The molecule has 0 aliphatic rings. The Labute approximate surface area is 108 Å². The summed E-state index contributed by atoms with van der Waals surface area (Å²) in [6.07, 6.45) is 3.93. The van der Waals surface area contributed by atoms with Crippen LogP contribution in [0.4, 0.5) is 5.82 Å². The van der Waals surface area contributed by atoms with Gasteiger partial charge < -0.3 is 10.3 Å². The number of rotatable bonds is 4. The van der Waals surface area contributed by atoms with Gasteiger partial charge in [-0.25, -0.2) is 4.98 Å². The monoisotopic (exact) mass is 247 g/mol. The van der Waals surface area contributed by atoms with Gasteiger partial charge in [-0.1, -0.05) is 13.8 Å². The summed E-state index contributed by atoms with van der Waals surface area (Å²) in [6.45, 7) is 7.14. The van der Waals surface area contributed by atoms with Gasteiger partial charge in [-0.2, -0.15) is 5.10 Å². The average molecular weight is 247 g/mol. The second-order valence-corrected chi connectivity index (χ2v) is 4.56. The number of nitrogen functional groups attached to an aromatic ring is 1. The van der Waals surface area contributed by atoms with Crippen LogP contribution in [0.1, 0.15) is 31.8 Å². The minimum atomic E-state index is 0.747. The zero-order chi connectivity index (χ0) is 13.3. The summed E-state index contributed by atoms with van der Waals surface area (Å²) < 4.78 is 3.89. The number of hydrogen-bond acceptors (Lipinski definition) is 3. The normalized spacial score (nSPS) is 11.1. The van der Waals surface area contributed by atoms with Crippen LogP contribution < -0.4 is 5.73 Å². The molecule has 2 N–H and O–H groups in total. The van der Waals surface area contributed by atoms with E-state index in [1.807, 2.05) is 24.9 Å². The van der Waals surface area contributed by atoms with Gasteiger partial charge in [-0.3, -0.25) is 4.68 Å². The molecule has 2 aromatic heterocycles. The molecule has 0 spiro atoms. The van der Waals surface area contributed by atoms with Crippen molar-refractivity contribution in [2.24, 2.45) is 7.05 Å². The number of anilines is 1. The largest absolute Gasteiger partial charge is 0.383 e. The van der Waals surface area contributed by atoms with Crippen LogP contribution in [0.25, 0.3) is 11.3 Å². The highest BCUT2D eigenvalue weighted by atomic mass is 15.3. The third-order valence-corrected chi connectivity index (χ3v) is 3.14. The topological polar surface area (TPSA) is 61.7 Å². The lowest BCUT2D eigenvalue weighted by molar-refractivity contribution is 0.665. The molecule has 2 aromatic rings. The Balaban J connectivity index is 2.53. The zero-order valence-electron chi connectivity index (χ0n) is 11.6. The lowest BCUT2D eigenvalue weighted by atomic mass is 10.1. The van der Waals surface area contributed by atoms with Crippen molar-refractivity contribution < 1.29 is 0 Å². The van der Waals surface area contributed by atoms with Crippen LogP contribution in [0.15, 0.2) is 6.20 Å². The molecule has 0 unspecified atom stereocenters. The van der Waals surface area contributed by atoms with E-state index >= 15 is 0 Å². The molecule has 0 radical (unpaired) electrons. The fourth-order valence-corrected chi connectivity index (χ4v) is 2.28. The van der Waals surface area contributed by atoms with E-state index in [9.17, 15) is 0 Å². The molecule has 0 amide bonds. The maximum absolute atomic E-state index is 6.22. The van der Waals surface area contributed by atoms with Crippen LogP contribution in [-0.4, -0.2) is 19.3 Å². The molecule has 0 saturated carbocycles. The highest BCUT2D eigenvalue weighted by molar-refractivity contribution is 5.72. The van der Waals surface area contributed by atoms with E-state index in [0.29, 0.717) is 0 Å². The minimum absolute atomic E-state index is 0.747.